The first-order valence-corrected chi connectivity index (χ1v) is 10.6. The van der Waals surface area contributed by atoms with Crippen molar-refractivity contribution in [3.8, 4) is 0 Å². The summed E-state index contributed by atoms with van der Waals surface area (Å²) in [4.78, 5) is 12.7. The molecule has 1 unspecified atom stereocenters. The Labute approximate surface area is 150 Å². The van der Waals surface area contributed by atoms with Gasteiger partial charge in [-0.2, -0.15) is 4.31 Å². The van der Waals surface area contributed by atoms with E-state index >= 15 is 0 Å². The fraction of sp³-hybridized carbons (Fsp3) is 0.611. The second kappa shape index (κ2) is 7.85. The lowest BCUT2D eigenvalue weighted by Gasteiger charge is -2.32. The van der Waals surface area contributed by atoms with Gasteiger partial charge in [0, 0.05) is 30.7 Å². The van der Waals surface area contributed by atoms with Crippen LogP contribution in [0.25, 0.3) is 0 Å². The van der Waals surface area contributed by atoms with Crippen molar-refractivity contribution in [1.82, 2.24) is 14.9 Å². The highest BCUT2D eigenvalue weighted by Crippen LogP contribution is 2.25. The Kier molecular flexibility index (Phi) is 5.76. The molecule has 0 aliphatic carbocycles. The van der Waals surface area contributed by atoms with Gasteiger partial charge in [0.1, 0.15) is 0 Å². The van der Waals surface area contributed by atoms with Gasteiger partial charge in [0.2, 0.25) is 10.0 Å². The summed E-state index contributed by atoms with van der Waals surface area (Å²) in [7, 11) is -3.56. The zero-order valence-electron chi connectivity index (χ0n) is 14.7. The monoisotopic (exact) mass is 365 g/mol. The van der Waals surface area contributed by atoms with Crippen molar-refractivity contribution in [3.63, 3.8) is 0 Å². The second-order valence-corrected chi connectivity index (χ2v) is 8.90. The molecule has 2 heterocycles. The van der Waals surface area contributed by atoms with Crippen LogP contribution in [-0.2, 0) is 10.0 Å². The van der Waals surface area contributed by atoms with E-state index in [1.165, 1.54) is 6.07 Å². The Morgan fingerprint density at radius 1 is 1.24 bits per heavy atom. The maximum absolute atomic E-state index is 12.9. The molecule has 3 rings (SSSR count). The van der Waals surface area contributed by atoms with Crippen LogP contribution in [0.4, 0.5) is 0 Å². The molecule has 7 heteroatoms. The molecule has 2 N–H and O–H groups in total. The van der Waals surface area contributed by atoms with Gasteiger partial charge in [-0.15, -0.1) is 0 Å². The molecule has 138 valence electrons. The first-order chi connectivity index (χ1) is 12.0. The number of nitrogens with zero attached hydrogens (tertiary/aromatic N) is 1. The second-order valence-electron chi connectivity index (χ2n) is 7.01. The van der Waals surface area contributed by atoms with Crippen molar-refractivity contribution in [1.29, 1.82) is 0 Å². The minimum Gasteiger partial charge on any atom is -0.348 e. The topological polar surface area (TPSA) is 78.5 Å². The molecule has 2 fully saturated rings. The summed E-state index contributed by atoms with van der Waals surface area (Å²) in [6.07, 6.45) is 4.81. The Hall–Kier alpha value is -1.44. The third-order valence-corrected chi connectivity index (χ3v) is 7.09. The van der Waals surface area contributed by atoms with Crippen molar-refractivity contribution in [2.45, 2.75) is 56.0 Å². The van der Waals surface area contributed by atoms with Crippen LogP contribution in [0.5, 0.6) is 0 Å². The number of hydrogen-bond donors (Lipinski definition) is 2. The van der Waals surface area contributed by atoms with E-state index in [9.17, 15) is 13.2 Å². The molecule has 1 aromatic carbocycles. The summed E-state index contributed by atoms with van der Waals surface area (Å²) in [5.74, 6) is -0.211. The largest absolute Gasteiger partial charge is 0.348 e. The summed E-state index contributed by atoms with van der Waals surface area (Å²) in [6, 6.07) is 6.51. The minimum absolute atomic E-state index is 0.00421. The normalized spacial score (nSPS) is 25.5. The number of piperidine rings is 2. The van der Waals surface area contributed by atoms with Gasteiger partial charge < -0.3 is 10.6 Å². The lowest BCUT2D eigenvalue weighted by atomic mass is 10.1. The lowest BCUT2D eigenvalue weighted by molar-refractivity contribution is 0.0930. The summed E-state index contributed by atoms with van der Waals surface area (Å²) < 4.78 is 27.5. The van der Waals surface area contributed by atoms with E-state index in [4.69, 9.17) is 0 Å². The summed E-state index contributed by atoms with van der Waals surface area (Å²) >= 11 is 0. The zero-order valence-corrected chi connectivity index (χ0v) is 15.5. The van der Waals surface area contributed by atoms with Crippen molar-refractivity contribution < 1.29 is 13.2 Å². The quantitative estimate of drug-likeness (QED) is 0.852. The van der Waals surface area contributed by atoms with E-state index in [1.54, 1.807) is 22.5 Å². The molecule has 0 spiro atoms. The van der Waals surface area contributed by atoms with Crippen LogP contribution in [0.15, 0.2) is 29.2 Å². The third-order valence-electron chi connectivity index (χ3n) is 5.08. The van der Waals surface area contributed by atoms with Gasteiger partial charge >= 0.3 is 0 Å². The highest BCUT2D eigenvalue weighted by Gasteiger charge is 2.31. The first kappa shape index (κ1) is 18.4. The number of hydrogen-bond acceptors (Lipinski definition) is 4. The van der Waals surface area contributed by atoms with Gasteiger partial charge in [-0.05, 0) is 57.4 Å². The number of nitrogens with one attached hydrogen (secondary N) is 2. The predicted molar refractivity (Wildman–Crippen MR) is 97.0 cm³/mol. The Bertz CT molecular complexity index is 714. The molecule has 0 bridgehead atoms. The molecular weight excluding hydrogens is 338 g/mol. The molecule has 6 nitrogen and oxygen atoms in total. The van der Waals surface area contributed by atoms with Gasteiger partial charge in [0.25, 0.3) is 5.91 Å². The number of sulfonamides is 1. The molecule has 25 heavy (non-hydrogen) atoms. The Morgan fingerprint density at radius 3 is 2.80 bits per heavy atom. The van der Waals surface area contributed by atoms with Crippen molar-refractivity contribution in [2.24, 2.45) is 0 Å². The molecular formula is C18H27N3O3S. The molecule has 1 amide bonds. The Balaban J connectivity index is 1.77. The molecule has 2 aliphatic heterocycles. The number of rotatable bonds is 4. The molecule has 1 aromatic rings. The van der Waals surface area contributed by atoms with E-state index in [1.807, 2.05) is 6.92 Å². The zero-order chi connectivity index (χ0) is 17.9. The molecule has 2 saturated heterocycles. The van der Waals surface area contributed by atoms with E-state index in [0.29, 0.717) is 12.1 Å². The van der Waals surface area contributed by atoms with Crippen molar-refractivity contribution in [3.05, 3.63) is 29.8 Å². The highest BCUT2D eigenvalue weighted by atomic mass is 32.2. The van der Waals surface area contributed by atoms with Crippen molar-refractivity contribution >= 4 is 15.9 Å². The maximum Gasteiger partial charge on any atom is 0.251 e. The number of amides is 1. The SMILES string of the molecule is CC1CCCCN1S(=O)(=O)c1cccc(C(=O)N[C@H]2CCCNC2)c1. The van der Waals surface area contributed by atoms with Crippen LogP contribution >= 0.6 is 0 Å². The van der Waals surface area contributed by atoms with Gasteiger partial charge in [-0.1, -0.05) is 12.5 Å². The number of benzene rings is 1. The lowest BCUT2D eigenvalue weighted by Crippen LogP contribution is -2.45. The van der Waals surface area contributed by atoms with Crippen LogP contribution in [0.1, 0.15) is 49.4 Å². The van der Waals surface area contributed by atoms with E-state index in [0.717, 1.165) is 45.2 Å². The van der Waals surface area contributed by atoms with E-state index < -0.39 is 10.0 Å². The van der Waals surface area contributed by atoms with Gasteiger partial charge in [-0.25, -0.2) is 8.42 Å². The third kappa shape index (κ3) is 4.22. The van der Waals surface area contributed by atoms with E-state index in [2.05, 4.69) is 10.6 Å². The maximum atomic E-state index is 12.9. The van der Waals surface area contributed by atoms with Crippen LogP contribution in [0.3, 0.4) is 0 Å². The Morgan fingerprint density at radius 2 is 2.08 bits per heavy atom. The standard InChI is InChI=1S/C18H27N3O3S/c1-14-6-2-3-11-21(14)25(23,24)17-9-4-7-15(12-17)18(22)20-16-8-5-10-19-13-16/h4,7,9,12,14,16,19H,2-3,5-6,8,10-11,13H2,1H3,(H,20,22)/t14?,16-/m0/s1. The summed E-state index contributed by atoms with van der Waals surface area (Å²) in [5, 5.41) is 6.25. The molecule has 2 atom stereocenters. The van der Waals surface area contributed by atoms with Gasteiger partial charge in [-0.3, -0.25) is 4.79 Å². The van der Waals surface area contributed by atoms with Crippen LogP contribution in [0.2, 0.25) is 0 Å². The van der Waals surface area contributed by atoms with Crippen LogP contribution in [0, 0.1) is 0 Å². The van der Waals surface area contributed by atoms with Crippen LogP contribution in [-0.4, -0.2) is 50.3 Å². The number of carbonyl (C=O) groups excluding carboxylic acids is 1. The fourth-order valence-electron chi connectivity index (χ4n) is 3.61. The van der Waals surface area contributed by atoms with Crippen LogP contribution < -0.4 is 10.6 Å². The smallest absolute Gasteiger partial charge is 0.251 e. The molecule has 2 aliphatic rings. The molecule has 0 saturated carbocycles. The number of carbonyl (C=O) groups is 1. The summed E-state index contributed by atoms with van der Waals surface area (Å²) in [6.45, 7) is 4.24. The predicted octanol–water partition coefficient (Wildman–Crippen LogP) is 1.73. The fourth-order valence-corrected chi connectivity index (χ4v) is 5.35. The molecule has 0 radical (unpaired) electrons. The average molecular weight is 365 g/mol. The highest BCUT2D eigenvalue weighted by molar-refractivity contribution is 7.89. The minimum atomic E-state index is -3.56. The van der Waals surface area contributed by atoms with Gasteiger partial charge in [0.15, 0.2) is 0 Å². The average Bonchev–Trinajstić information content (AvgIpc) is 2.63. The first-order valence-electron chi connectivity index (χ1n) is 9.12. The van der Waals surface area contributed by atoms with Gasteiger partial charge in [0.05, 0.1) is 4.90 Å². The molecule has 0 aromatic heterocycles. The van der Waals surface area contributed by atoms with E-state index in [-0.39, 0.29) is 22.9 Å². The van der Waals surface area contributed by atoms with Crippen molar-refractivity contribution in [2.75, 3.05) is 19.6 Å². The summed E-state index contributed by atoms with van der Waals surface area (Å²) in [5.41, 5.74) is 0.399.